The van der Waals surface area contributed by atoms with Crippen LogP contribution in [0.5, 0.6) is 0 Å². The largest absolute Gasteiger partial charge is 0.490 e. The molecule has 0 bridgehead atoms. The second kappa shape index (κ2) is 5.32. The van der Waals surface area contributed by atoms with Crippen LogP contribution in [0.2, 0.25) is 0 Å². The summed E-state index contributed by atoms with van der Waals surface area (Å²) in [6.07, 6.45) is 0. The highest BCUT2D eigenvalue weighted by Crippen LogP contribution is 2.64. The Labute approximate surface area is 91.1 Å². The highest BCUT2D eigenvalue weighted by Gasteiger charge is 2.38. The van der Waals surface area contributed by atoms with Crippen molar-refractivity contribution in [2.75, 3.05) is 0 Å². The summed E-state index contributed by atoms with van der Waals surface area (Å²) in [6.45, 7) is 0. The van der Waals surface area contributed by atoms with Crippen LogP contribution in [-0.2, 0) is 22.3 Å². The van der Waals surface area contributed by atoms with E-state index in [0.717, 1.165) is 0 Å². The lowest BCUT2D eigenvalue weighted by molar-refractivity contribution is 0.204. The standard InChI is InChI=1S/Al.H5O10P3.2H2.3H/c;1-11(2,3)9-13(7,8)10-12(4,5)6;;;;;/h;(H,7,8)(H2,1,2,3)(H2,4,5,6);2*1H;;;. The normalized spacial score (nSPS) is 13.5. The molecule has 0 aromatic carbocycles. The van der Waals surface area contributed by atoms with E-state index in [2.05, 4.69) is 8.62 Å². The average molecular weight is 292 g/mol. The van der Waals surface area contributed by atoms with Gasteiger partial charge in [0.05, 0.1) is 0 Å². The Morgan fingerprint density at radius 3 is 1.14 bits per heavy atom. The van der Waals surface area contributed by atoms with E-state index in [1.807, 2.05) is 0 Å². The first-order valence-electron chi connectivity index (χ1n) is 2.28. The van der Waals surface area contributed by atoms with Crippen LogP contribution in [0.1, 0.15) is 2.85 Å². The molecule has 0 fully saturated rings. The van der Waals surface area contributed by atoms with Gasteiger partial charge in [0.2, 0.25) is 0 Å². The zero-order chi connectivity index (χ0) is 10.9. The Hall–Kier alpha value is 0.942. The molecule has 14 heavy (non-hydrogen) atoms. The van der Waals surface area contributed by atoms with E-state index in [0.29, 0.717) is 0 Å². The minimum absolute atomic E-state index is 0. The van der Waals surface area contributed by atoms with Crippen LogP contribution in [0.4, 0.5) is 0 Å². The van der Waals surface area contributed by atoms with Gasteiger partial charge >= 0.3 is 23.5 Å². The summed E-state index contributed by atoms with van der Waals surface area (Å²) in [5.41, 5.74) is 0. The fraction of sp³-hybridized carbons (Fsp3) is 0. The second-order valence-corrected chi connectivity index (χ2v) is 5.82. The van der Waals surface area contributed by atoms with Gasteiger partial charge in [0, 0.05) is 2.85 Å². The number of hydrogen-bond donors (Lipinski definition) is 5. The average Bonchev–Trinajstić information content (AvgIpc) is 1.43. The van der Waals surface area contributed by atoms with Crippen molar-refractivity contribution >= 4 is 40.8 Å². The van der Waals surface area contributed by atoms with E-state index in [9.17, 15) is 13.7 Å². The molecule has 0 heterocycles. The third-order valence-electron chi connectivity index (χ3n) is 0.419. The van der Waals surface area contributed by atoms with Crippen LogP contribution in [-0.4, -0.2) is 41.8 Å². The van der Waals surface area contributed by atoms with E-state index < -0.39 is 23.5 Å². The summed E-state index contributed by atoms with van der Waals surface area (Å²) < 4.78 is 36.4. The SMILES string of the molecule is O=P(O)(O)OP(=O)(O)OP(=O)(O)O.[AlH3].[HH].[HH]. The lowest BCUT2D eigenvalue weighted by Gasteiger charge is -2.11. The van der Waals surface area contributed by atoms with Crippen LogP contribution < -0.4 is 0 Å². The van der Waals surface area contributed by atoms with Crippen molar-refractivity contribution in [1.29, 1.82) is 0 Å². The van der Waals surface area contributed by atoms with Gasteiger partial charge in [-0.05, 0) is 0 Å². The molecule has 0 atom stereocenters. The maximum atomic E-state index is 10.4. The monoisotopic (exact) mass is 292 g/mol. The first kappa shape index (κ1) is 17.3. The predicted octanol–water partition coefficient (Wildman–Crippen LogP) is -1.39. The van der Waals surface area contributed by atoms with Gasteiger partial charge < -0.3 is 24.5 Å². The van der Waals surface area contributed by atoms with Gasteiger partial charge in [-0.15, -0.1) is 0 Å². The molecule has 0 aliphatic rings. The van der Waals surface area contributed by atoms with Crippen LogP contribution in [0.25, 0.3) is 0 Å². The maximum Gasteiger partial charge on any atom is 0.490 e. The molecule has 5 N–H and O–H groups in total. The summed E-state index contributed by atoms with van der Waals surface area (Å²) in [6, 6.07) is 0. The minimum Gasteiger partial charge on any atom is -0.302 e. The summed E-state index contributed by atoms with van der Waals surface area (Å²) >= 11 is 0. The van der Waals surface area contributed by atoms with Gasteiger partial charge in [-0.3, -0.25) is 0 Å². The third-order valence-corrected chi connectivity index (χ3v) is 3.77. The molecule has 90 valence electrons. The molecular formula is H12AlO10P3. The van der Waals surface area contributed by atoms with Crippen LogP contribution >= 0.6 is 23.5 Å². The molecule has 0 aromatic rings. The van der Waals surface area contributed by atoms with Crippen LogP contribution in [0.3, 0.4) is 0 Å². The number of hydrogen-bond acceptors (Lipinski definition) is 5. The Kier molecular flexibility index (Phi) is 6.60. The van der Waals surface area contributed by atoms with Crippen molar-refractivity contribution in [2.24, 2.45) is 0 Å². The zero-order valence-electron chi connectivity index (χ0n) is 5.62. The van der Waals surface area contributed by atoms with Crippen molar-refractivity contribution in [1.82, 2.24) is 0 Å². The molecule has 0 rings (SSSR count). The Morgan fingerprint density at radius 2 is 1.00 bits per heavy atom. The van der Waals surface area contributed by atoms with E-state index in [-0.39, 0.29) is 20.2 Å². The van der Waals surface area contributed by atoms with Gasteiger partial charge in [-0.1, -0.05) is 0 Å². The van der Waals surface area contributed by atoms with Gasteiger partial charge in [0.1, 0.15) is 0 Å². The smallest absolute Gasteiger partial charge is 0.302 e. The lowest BCUT2D eigenvalue weighted by atomic mass is 15.7. The van der Waals surface area contributed by atoms with Crippen molar-refractivity contribution in [2.45, 2.75) is 0 Å². The molecular weight excluding hydrogens is 280 g/mol. The predicted molar refractivity (Wildman–Crippen MR) is 50.3 cm³/mol. The molecule has 0 spiro atoms. The zero-order valence-corrected chi connectivity index (χ0v) is 8.30. The summed E-state index contributed by atoms with van der Waals surface area (Å²) in [5, 5.41) is 0. The quantitative estimate of drug-likeness (QED) is 0.307. The summed E-state index contributed by atoms with van der Waals surface area (Å²) in [7, 11) is -16.2. The Balaban J connectivity index is -0.000000240. The van der Waals surface area contributed by atoms with Crippen LogP contribution in [0, 0.1) is 0 Å². The molecule has 0 saturated heterocycles. The van der Waals surface area contributed by atoms with Gasteiger partial charge in [-0.2, -0.15) is 8.62 Å². The van der Waals surface area contributed by atoms with E-state index in [1.54, 1.807) is 0 Å². The van der Waals surface area contributed by atoms with Gasteiger partial charge in [0.15, 0.2) is 17.4 Å². The first-order valence-corrected chi connectivity index (χ1v) is 6.83. The minimum atomic E-state index is -5.46. The fourth-order valence-corrected chi connectivity index (χ4v) is 2.82. The molecule has 0 radical (unpaired) electrons. The second-order valence-electron chi connectivity index (χ2n) is 1.61. The highest BCUT2D eigenvalue weighted by molar-refractivity contribution is 7.66. The Morgan fingerprint density at radius 1 is 0.786 bits per heavy atom. The Bertz CT molecular complexity index is 286. The van der Waals surface area contributed by atoms with Crippen molar-refractivity contribution in [3.05, 3.63) is 0 Å². The molecule has 0 saturated carbocycles. The molecule has 0 amide bonds. The third kappa shape index (κ3) is 11.0. The first-order chi connectivity index (χ1) is 5.41. The molecule has 0 aromatic heterocycles. The summed E-state index contributed by atoms with van der Waals surface area (Å²) in [4.78, 5) is 40.2. The molecule has 0 aliphatic heterocycles. The van der Waals surface area contributed by atoms with Crippen LogP contribution in [0.15, 0.2) is 0 Å². The maximum absolute atomic E-state index is 10.4. The molecule has 14 heteroatoms. The van der Waals surface area contributed by atoms with Gasteiger partial charge in [-0.25, -0.2) is 13.7 Å². The van der Waals surface area contributed by atoms with Gasteiger partial charge in [0.25, 0.3) is 0 Å². The number of rotatable bonds is 4. The van der Waals surface area contributed by atoms with Crippen molar-refractivity contribution in [3.63, 3.8) is 0 Å². The molecule has 10 nitrogen and oxygen atoms in total. The van der Waals surface area contributed by atoms with E-state index in [1.165, 1.54) is 0 Å². The van der Waals surface area contributed by atoms with E-state index >= 15 is 0 Å². The molecule has 0 aliphatic carbocycles. The fourth-order valence-electron chi connectivity index (χ4n) is 0.284. The highest BCUT2D eigenvalue weighted by atomic mass is 31.3. The molecule has 0 unspecified atom stereocenters. The lowest BCUT2D eigenvalue weighted by Crippen LogP contribution is -1.91. The van der Waals surface area contributed by atoms with Crippen molar-refractivity contribution < 1.29 is 49.6 Å². The van der Waals surface area contributed by atoms with Crippen molar-refractivity contribution in [3.8, 4) is 0 Å². The number of phosphoric acid groups is 3. The summed E-state index contributed by atoms with van der Waals surface area (Å²) in [5.74, 6) is 0. The topological polar surface area (TPSA) is 171 Å². The van der Waals surface area contributed by atoms with E-state index in [4.69, 9.17) is 24.5 Å².